The Kier molecular flexibility index (Phi) is 3.72. The highest BCUT2D eigenvalue weighted by Gasteiger charge is 2.04. The summed E-state index contributed by atoms with van der Waals surface area (Å²) in [5, 5.41) is 7.81. The normalized spacial score (nSPS) is 12.3. The van der Waals surface area contributed by atoms with E-state index in [4.69, 9.17) is 4.42 Å². The van der Waals surface area contributed by atoms with Gasteiger partial charge < -0.3 is 4.42 Å². The highest BCUT2D eigenvalue weighted by molar-refractivity contribution is 5.76. The first-order valence-electron chi connectivity index (χ1n) is 5.90. The maximum Gasteiger partial charge on any atom is 0.243 e. The minimum atomic E-state index is 0.574. The molecule has 0 unspecified atom stereocenters. The molecule has 0 spiro atoms. The van der Waals surface area contributed by atoms with Crippen molar-refractivity contribution in [3.63, 3.8) is 0 Å². The van der Waals surface area contributed by atoms with Crippen LogP contribution in [0.1, 0.15) is 36.8 Å². The summed E-state index contributed by atoms with van der Waals surface area (Å²) in [5.41, 5.74) is 3.28. The van der Waals surface area contributed by atoms with Crippen LogP contribution in [-0.4, -0.2) is 10.2 Å². The second-order valence-electron chi connectivity index (χ2n) is 4.12. The van der Waals surface area contributed by atoms with Crippen molar-refractivity contribution in [2.24, 2.45) is 0 Å². The number of allylic oxidation sites excluding steroid dienone is 2. The van der Waals surface area contributed by atoms with Crippen LogP contribution in [0.3, 0.4) is 0 Å². The average molecular weight is 240 g/mol. The summed E-state index contributed by atoms with van der Waals surface area (Å²) < 4.78 is 5.38. The Morgan fingerprint density at radius 2 is 1.78 bits per heavy atom. The number of aromatic nitrogens is 2. The first-order chi connectivity index (χ1) is 8.69. The largest absolute Gasteiger partial charge is 0.421 e. The molecule has 0 saturated carbocycles. The van der Waals surface area contributed by atoms with Gasteiger partial charge in [-0.25, -0.2) is 0 Å². The third-order valence-electron chi connectivity index (χ3n) is 2.54. The Balaban J connectivity index is 2.22. The summed E-state index contributed by atoms with van der Waals surface area (Å²) in [7, 11) is 0. The van der Waals surface area contributed by atoms with Crippen LogP contribution in [0.25, 0.3) is 17.7 Å². The maximum atomic E-state index is 5.38. The quantitative estimate of drug-likeness (QED) is 0.814. The molecule has 0 aliphatic rings. The molecule has 2 rings (SSSR count). The molecule has 0 radical (unpaired) electrons. The highest BCUT2D eigenvalue weighted by Crippen LogP contribution is 2.17. The molecule has 0 N–H and O–H groups in total. The molecule has 1 heterocycles. The van der Waals surface area contributed by atoms with Gasteiger partial charge in [0.1, 0.15) is 0 Å². The van der Waals surface area contributed by atoms with E-state index in [0.717, 1.165) is 11.1 Å². The van der Waals surface area contributed by atoms with Crippen LogP contribution in [-0.2, 0) is 0 Å². The van der Waals surface area contributed by atoms with E-state index in [2.05, 4.69) is 40.5 Å². The van der Waals surface area contributed by atoms with Crippen LogP contribution in [0, 0.1) is 6.92 Å². The second kappa shape index (κ2) is 5.45. The smallest absolute Gasteiger partial charge is 0.243 e. The van der Waals surface area contributed by atoms with Crippen LogP contribution >= 0.6 is 0 Å². The van der Waals surface area contributed by atoms with E-state index in [1.165, 1.54) is 5.56 Å². The van der Waals surface area contributed by atoms with E-state index in [1.54, 1.807) is 6.92 Å². The van der Waals surface area contributed by atoms with Crippen LogP contribution in [0.15, 0.2) is 34.8 Å². The first kappa shape index (κ1) is 12.3. The SMILES string of the molecule is CC=Cc1ccc(C=C(C)c2nnc(C)o2)cc1. The molecular weight excluding hydrogens is 224 g/mol. The van der Waals surface area contributed by atoms with Gasteiger partial charge in [-0.15, -0.1) is 10.2 Å². The van der Waals surface area contributed by atoms with Crippen molar-refractivity contribution in [2.75, 3.05) is 0 Å². The standard InChI is InChI=1S/C15H16N2O/c1-4-5-13-6-8-14(9-7-13)10-11(2)15-17-16-12(3)18-15/h4-10H,1-3H3. The lowest BCUT2D eigenvalue weighted by Crippen LogP contribution is -1.81. The minimum absolute atomic E-state index is 0.574. The third kappa shape index (κ3) is 2.94. The summed E-state index contributed by atoms with van der Waals surface area (Å²) in [5.74, 6) is 1.16. The lowest BCUT2D eigenvalue weighted by atomic mass is 10.1. The molecule has 0 saturated heterocycles. The molecular formula is C15H16N2O. The Bertz CT molecular complexity index is 577. The van der Waals surface area contributed by atoms with E-state index in [9.17, 15) is 0 Å². The maximum absolute atomic E-state index is 5.38. The monoisotopic (exact) mass is 240 g/mol. The van der Waals surface area contributed by atoms with Crippen molar-refractivity contribution < 1.29 is 4.42 Å². The molecule has 1 aromatic heterocycles. The van der Waals surface area contributed by atoms with Gasteiger partial charge in [0.15, 0.2) is 0 Å². The van der Waals surface area contributed by atoms with Crippen molar-refractivity contribution in [1.82, 2.24) is 10.2 Å². The van der Waals surface area contributed by atoms with E-state index in [0.29, 0.717) is 11.8 Å². The third-order valence-corrected chi connectivity index (χ3v) is 2.54. The minimum Gasteiger partial charge on any atom is -0.421 e. The van der Waals surface area contributed by atoms with Gasteiger partial charge in [-0.3, -0.25) is 0 Å². The van der Waals surface area contributed by atoms with Gasteiger partial charge in [0.25, 0.3) is 0 Å². The van der Waals surface area contributed by atoms with Gasteiger partial charge in [0.2, 0.25) is 11.8 Å². The summed E-state index contributed by atoms with van der Waals surface area (Å²) in [6.45, 7) is 5.76. The number of aryl methyl sites for hydroxylation is 1. The first-order valence-corrected chi connectivity index (χ1v) is 5.90. The molecule has 0 aliphatic carbocycles. The zero-order valence-electron chi connectivity index (χ0n) is 10.8. The van der Waals surface area contributed by atoms with Crippen LogP contribution < -0.4 is 0 Å². The fourth-order valence-corrected chi connectivity index (χ4v) is 1.66. The fourth-order valence-electron chi connectivity index (χ4n) is 1.66. The van der Waals surface area contributed by atoms with E-state index < -0.39 is 0 Å². The van der Waals surface area contributed by atoms with Crippen molar-refractivity contribution in [2.45, 2.75) is 20.8 Å². The number of benzene rings is 1. The molecule has 18 heavy (non-hydrogen) atoms. The van der Waals surface area contributed by atoms with Gasteiger partial charge in [-0.05, 0) is 31.1 Å². The van der Waals surface area contributed by atoms with Crippen LogP contribution in [0.4, 0.5) is 0 Å². The Hall–Kier alpha value is -2.16. The van der Waals surface area contributed by atoms with Crippen molar-refractivity contribution in [3.05, 3.63) is 53.2 Å². The van der Waals surface area contributed by atoms with Crippen molar-refractivity contribution >= 4 is 17.7 Å². The van der Waals surface area contributed by atoms with Gasteiger partial charge >= 0.3 is 0 Å². The topological polar surface area (TPSA) is 38.9 Å². The van der Waals surface area contributed by atoms with Gasteiger partial charge in [-0.1, -0.05) is 36.4 Å². The second-order valence-corrected chi connectivity index (χ2v) is 4.12. The summed E-state index contributed by atoms with van der Waals surface area (Å²) in [4.78, 5) is 0. The number of hydrogen-bond donors (Lipinski definition) is 0. The van der Waals surface area contributed by atoms with Crippen molar-refractivity contribution in [3.8, 4) is 0 Å². The summed E-state index contributed by atoms with van der Waals surface area (Å²) in [6, 6.07) is 8.31. The molecule has 3 heteroatoms. The molecule has 2 aromatic rings. The molecule has 0 atom stereocenters. The molecule has 0 aliphatic heterocycles. The predicted octanol–water partition coefficient (Wildman–Crippen LogP) is 3.97. The Morgan fingerprint density at radius 1 is 1.11 bits per heavy atom. The Labute approximate surface area is 107 Å². The summed E-state index contributed by atoms with van der Waals surface area (Å²) >= 11 is 0. The molecule has 1 aromatic carbocycles. The average Bonchev–Trinajstić information content (AvgIpc) is 2.79. The van der Waals surface area contributed by atoms with Crippen LogP contribution in [0.5, 0.6) is 0 Å². The molecule has 0 bridgehead atoms. The molecule has 92 valence electrons. The van der Waals surface area contributed by atoms with Gasteiger partial charge in [0.05, 0.1) is 0 Å². The molecule has 0 fully saturated rings. The number of rotatable bonds is 3. The number of nitrogens with zero attached hydrogens (tertiary/aromatic N) is 2. The predicted molar refractivity (Wildman–Crippen MR) is 73.7 cm³/mol. The zero-order valence-corrected chi connectivity index (χ0v) is 10.8. The lowest BCUT2D eigenvalue weighted by molar-refractivity contribution is 0.506. The van der Waals surface area contributed by atoms with Crippen LogP contribution in [0.2, 0.25) is 0 Å². The van der Waals surface area contributed by atoms with E-state index in [-0.39, 0.29) is 0 Å². The molecule has 0 amide bonds. The Morgan fingerprint density at radius 3 is 2.33 bits per heavy atom. The van der Waals surface area contributed by atoms with Gasteiger partial charge in [0, 0.05) is 12.5 Å². The fraction of sp³-hybridized carbons (Fsp3) is 0.200. The number of hydrogen-bond acceptors (Lipinski definition) is 3. The summed E-state index contributed by atoms with van der Waals surface area (Å²) in [6.07, 6.45) is 6.13. The van der Waals surface area contributed by atoms with E-state index in [1.807, 2.05) is 26.0 Å². The molecule has 3 nitrogen and oxygen atoms in total. The van der Waals surface area contributed by atoms with Crippen molar-refractivity contribution in [1.29, 1.82) is 0 Å². The zero-order chi connectivity index (χ0) is 13.0. The lowest BCUT2D eigenvalue weighted by Gasteiger charge is -1.98. The highest BCUT2D eigenvalue weighted by atomic mass is 16.4. The van der Waals surface area contributed by atoms with E-state index >= 15 is 0 Å². The van der Waals surface area contributed by atoms with Gasteiger partial charge in [-0.2, -0.15) is 0 Å².